The second-order valence-electron chi connectivity index (χ2n) is 6.39. The first-order valence-corrected chi connectivity index (χ1v) is 8.48. The van der Waals surface area contributed by atoms with Gasteiger partial charge in [-0.1, -0.05) is 24.3 Å². The molecule has 0 radical (unpaired) electrons. The van der Waals surface area contributed by atoms with Crippen molar-refractivity contribution in [3.63, 3.8) is 0 Å². The number of hydrogen-bond donors (Lipinski definition) is 2. The van der Waals surface area contributed by atoms with Crippen LogP contribution in [0.3, 0.4) is 0 Å². The van der Waals surface area contributed by atoms with Crippen LogP contribution in [0.2, 0.25) is 0 Å². The fourth-order valence-electron chi connectivity index (χ4n) is 3.10. The summed E-state index contributed by atoms with van der Waals surface area (Å²) in [5.74, 6) is 0.541. The zero-order valence-corrected chi connectivity index (χ0v) is 14.8. The number of anilines is 2. The molecule has 2 aromatic heterocycles. The molecule has 4 aromatic rings. The Morgan fingerprint density at radius 3 is 2.65 bits per heavy atom. The predicted molar refractivity (Wildman–Crippen MR) is 103 cm³/mol. The van der Waals surface area contributed by atoms with E-state index in [0.29, 0.717) is 18.1 Å². The number of aryl methyl sites for hydroxylation is 2. The van der Waals surface area contributed by atoms with Crippen molar-refractivity contribution in [2.45, 2.75) is 20.4 Å². The van der Waals surface area contributed by atoms with E-state index in [1.54, 1.807) is 16.9 Å². The Morgan fingerprint density at radius 2 is 1.88 bits per heavy atom. The van der Waals surface area contributed by atoms with Gasteiger partial charge in [0.1, 0.15) is 5.69 Å². The highest BCUT2D eigenvalue weighted by molar-refractivity contribution is 5.75. The van der Waals surface area contributed by atoms with E-state index in [2.05, 4.69) is 52.4 Å². The lowest BCUT2D eigenvalue weighted by molar-refractivity contribution is 0.951. The molecule has 0 atom stereocenters. The molecule has 4 rings (SSSR count). The minimum atomic E-state index is 0.489. The topological polar surface area (TPSA) is 81.1 Å². The predicted octanol–water partition coefficient (Wildman–Crippen LogP) is 3.61. The highest BCUT2D eigenvalue weighted by Crippen LogP contribution is 2.24. The molecular weight excluding hydrogens is 324 g/mol. The molecular formula is C20H20N6. The molecule has 0 bridgehead atoms. The van der Waals surface area contributed by atoms with Gasteiger partial charge in [0.15, 0.2) is 5.65 Å². The molecule has 0 aliphatic heterocycles. The SMILES string of the molecule is Cc1cc(C)cc(Nc2nc3c(-c4cccc(CN)c4)nccn3n2)c1. The van der Waals surface area contributed by atoms with Gasteiger partial charge in [0.25, 0.3) is 0 Å². The summed E-state index contributed by atoms with van der Waals surface area (Å²) in [5, 5.41) is 7.81. The fourth-order valence-corrected chi connectivity index (χ4v) is 3.10. The zero-order chi connectivity index (χ0) is 18.1. The number of rotatable bonds is 4. The van der Waals surface area contributed by atoms with E-state index < -0.39 is 0 Å². The molecule has 2 aromatic carbocycles. The standard InChI is InChI=1S/C20H20N6/c1-13-8-14(2)10-17(9-13)23-20-24-19-18(22-6-7-26(19)25-20)16-5-3-4-15(11-16)12-21/h3-11H,12,21H2,1-2H3,(H,23,25). The highest BCUT2D eigenvalue weighted by atomic mass is 15.3. The number of fused-ring (bicyclic) bond motifs is 1. The Kier molecular flexibility index (Phi) is 4.10. The van der Waals surface area contributed by atoms with Crippen molar-refractivity contribution in [2.75, 3.05) is 5.32 Å². The van der Waals surface area contributed by atoms with Crippen molar-refractivity contribution in [3.8, 4) is 11.3 Å². The van der Waals surface area contributed by atoms with Crippen molar-refractivity contribution < 1.29 is 0 Å². The van der Waals surface area contributed by atoms with Gasteiger partial charge in [-0.3, -0.25) is 4.98 Å². The maximum Gasteiger partial charge on any atom is 0.247 e. The summed E-state index contributed by atoms with van der Waals surface area (Å²) in [5.41, 5.74) is 12.6. The molecule has 0 unspecified atom stereocenters. The van der Waals surface area contributed by atoms with Gasteiger partial charge in [0.2, 0.25) is 5.95 Å². The summed E-state index contributed by atoms with van der Waals surface area (Å²) in [6.07, 6.45) is 3.53. The minimum Gasteiger partial charge on any atom is -0.326 e. The Balaban J connectivity index is 1.75. The summed E-state index contributed by atoms with van der Waals surface area (Å²) in [6, 6.07) is 14.3. The number of nitrogens with one attached hydrogen (secondary N) is 1. The lowest BCUT2D eigenvalue weighted by Gasteiger charge is -2.04. The third-order valence-corrected chi connectivity index (χ3v) is 4.17. The molecule has 0 aliphatic carbocycles. The number of hydrogen-bond acceptors (Lipinski definition) is 5. The van der Waals surface area contributed by atoms with E-state index in [1.165, 1.54) is 11.1 Å². The van der Waals surface area contributed by atoms with Gasteiger partial charge < -0.3 is 11.1 Å². The lowest BCUT2D eigenvalue weighted by atomic mass is 10.1. The summed E-state index contributed by atoms with van der Waals surface area (Å²) in [7, 11) is 0. The quantitative estimate of drug-likeness (QED) is 0.591. The van der Waals surface area contributed by atoms with E-state index in [-0.39, 0.29) is 0 Å². The first kappa shape index (κ1) is 16.2. The number of aromatic nitrogens is 4. The van der Waals surface area contributed by atoms with Crippen LogP contribution in [-0.4, -0.2) is 19.6 Å². The summed E-state index contributed by atoms with van der Waals surface area (Å²) >= 11 is 0. The highest BCUT2D eigenvalue weighted by Gasteiger charge is 2.12. The maximum atomic E-state index is 5.76. The molecule has 6 nitrogen and oxygen atoms in total. The maximum absolute atomic E-state index is 5.76. The van der Waals surface area contributed by atoms with Crippen molar-refractivity contribution in [2.24, 2.45) is 5.73 Å². The van der Waals surface area contributed by atoms with E-state index in [1.807, 2.05) is 24.3 Å². The summed E-state index contributed by atoms with van der Waals surface area (Å²) < 4.78 is 1.74. The average molecular weight is 344 g/mol. The van der Waals surface area contributed by atoms with E-state index in [0.717, 1.165) is 22.5 Å². The van der Waals surface area contributed by atoms with Crippen LogP contribution in [0, 0.1) is 13.8 Å². The summed E-state index contributed by atoms with van der Waals surface area (Å²) in [6.45, 7) is 4.63. The monoisotopic (exact) mass is 344 g/mol. The molecule has 0 amide bonds. The first-order valence-electron chi connectivity index (χ1n) is 8.48. The van der Waals surface area contributed by atoms with E-state index >= 15 is 0 Å². The van der Waals surface area contributed by atoms with Gasteiger partial charge in [-0.25, -0.2) is 4.52 Å². The van der Waals surface area contributed by atoms with Crippen LogP contribution in [0.1, 0.15) is 16.7 Å². The largest absolute Gasteiger partial charge is 0.326 e. The number of nitrogens with two attached hydrogens (primary N) is 1. The second-order valence-corrected chi connectivity index (χ2v) is 6.39. The normalized spacial score (nSPS) is 11.0. The minimum absolute atomic E-state index is 0.489. The van der Waals surface area contributed by atoms with Gasteiger partial charge in [0.05, 0.1) is 0 Å². The van der Waals surface area contributed by atoms with Gasteiger partial charge >= 0.3 is 0 Å². The fraction of sp³-hybridized carbons (Fsp3) is 0.150. The lowest BCUT2D eigenvalue weighted by Crippen LogP contribution is -1.97. The van der Waals surface area contributed by atoms with E-state index in [9.17, 15) is 0 Å². The molecule has 0 saturated carbocycles. The molecule has 26 heavy (non-hydrogen) atoms. The van der Waals surface area contributed by atoms with Crippen LogP contribution < -0.4 is 11.1 Å². The molecule has 3 N–H and O–H groups in total. The Labute approximate surface area is 151 Å². The third-order valence-electron chi connectivity index (χ3n) is 4.17. The molecule has 2 heterocycles. The Hall–Kier alpha value is -3.25. The molecule has 6 heteroatoms. The van der Waals surface area contributed by atoms with Crippen LogP contribution in [0.4, 0.5) is 11.6 Å². The Morgan fingerprint density at radius 1 is 1.08 bits per heavy atom. The number of nitrogens with zero attached hydrogens (tertiary/aromatic N) is 4. The smallest absolute Gasteiger partial charge is 0.247 e. The van der Waals surface area contributed by atoms with Crippen LogP contribution in [0.5, 0.6) is 0 Å². The van der Waals surface area contributed by atoms with Gasteiger partial charge in [-0.15, -0.1) is 5.10 Å². The second kappa shape index (κ2) is 6.57. The van der Waals surface area contributed by atoms with Crippen molar-refractivity contribution >= 4 is 17.3 Å². The van der Waals surface area contributed by atoms with Crippen LogP contribution >= 0.6 is 0 Å². The summed E-state index contributed by atoms with van der Waals surface area (Å²) in [4.78, 5) is 9.16. The van der Waals surface area contributed by atoms with Gasteiger partial charge in [0, 0.05) is 30.2 Å². The molecule has 0 aliphatic rings. The average Bonchev–Trinajstić information content (AvgIpc) is 3.03. The zero-order valence-electron chi connectivity index (χ0n) is 14.8. The van der Waals surface area contributed by atoms with Gasteiger partial charge in [-0.05, 0) is 48.7 Å². The van der Waals surface area contributed by atoms with Crippen molar-refractivity contribution in [1.29, 1.82) is 0 Å². The van der Waals surface area contributed by atoms with Crippen LogP contribution in [-0.2, 0) is 6.54 Å². The Bertz CT molecular complexity index is 1060. The van der Waals surface area contributed by atoms with Crippen LogP contribution in [0.15, 0.2) is 54.9 Å². The number of benzene rings is 2. The molecule has 0 spiro atoms. The van der Waals surface area contributed by atoms with Crippen molar-refractivity contribution in [1.82, 2.24) is 19.6 Å². The molecule has 130 valence electrons. The third kappa shape index (κ3) is 3.14. The molecule has 0 saturated heterocycles. The molecule has 0 fully saturated rings. The van der Waals surface area contributed by atoms with Crippen molar-refractivity contribution in [3.05, 3.63) is 71.5 Å². The van der Waals surface area contributed by atoms with Gasteiger partial charge in [-0.2, -0.15) is 4.98 Å². The van der Waals surface area contributed by atoms with Crippen LogP contribution in [0.25, 0.3) is 16.9 Å². The first-order chi connectivity index (χ1) is 12.6. The van der Waals surface area contributed by atoms with E-state index in [4.69, 9.17) is 5.73 Å².